The lowest BCUT2D eigenvalue weighted by Gasteiger charge is -2.18. The molecular weight excluding hydrogens is 322 g/mol. The second-order valence-electron chi connectivity index (χ2n) is 5.82. The number of aryl methyl sites for hydroxylation is 2. The Kier molecular flexibility index (Phi) is 3.60. The Morgan fingerprint density at radius 1 is 1.04 bits per heavy atom. The van der Waals surface area contributed by atoms with Gasteiger partial charge in [0.1, 0.15) is 0 Å². The molecule has 3 aromatic rings. The number of methoxy groups -OCH3 is 3. The molecule has 0 N–H and O–H groups in total. The molecule has 1 aliphatic rings. The van der Waals surface area contributed by atoms with E-state index in [1.807, 2.05) is 12.1 Å². The van der Waals surface area contributed by atoms with Crippen LogP contribution in [0, 0.1) is 0 Å². The minimum atomic E-state index is -0.192. The van der Waals surface area contributed by atoms with Gasteiger partial charge in [-0.05, 0) is 36.1 Å². The number of aromatic nitrogens is 1. The van der Waals surface area contributed by atoms with Gasteiger partial charge in [0.15, 0.2) is 11.5 Å². The van der Waals surface area contributed by atoms with Crippen molar-refractivity contribution >= 4 is 11.0 Å². The summed E-state index contributed by atoms with van der Waals surface area (Å²) in [4.78, 5) is 12.3. The van der Waals surface area contributed by atoms with Gasteiger partial charge >= 0.3 is 0 Å². The Labute approximate surface area is 143 Å². The molecule has 0 spiro atoms. The number of hydrogen-bond acceptors (Lipinski definition) is 6. The SMILES string of the molecule is COc1cc2c(c(OC)c1OC)-c1cccc(=O)c3onc(c13)CC2. The van der Waals surface area contributed by atoms with Crippen LogP contribution in [-0.4, -0.2) is 26.5 Å². The smallest absolute Gasteiger partial charge is 0.224 e. The van der Waals surface area contributed by atoms with E-state index in [2.05, 4.69) is 5.16 Å². The molecule has 0 saturated carbocycles. The average Bonchev–Trinajstić information content (AvgIpc) is 2.91. The maximum Gasteiger partial charge on any atom is 0.224 e. The standard InChI is InChI=1S/C19H17NO5/c1-22-14-9-10-7-8-12-16-11(15(10)19(24-3)18(14)23-2)5-4-6-13(21)17(16)25-20-12/h4-6,9H,7-8H2,1-3H3. The number of fused-ring (bicyclic) bond motifs is 2. The number of nitrogens with zero attached hydrogens (tertiary/aromatic N) is 1. The summed E-state index contributed by atoms with van der Waals surface area (Å²) >= 11 is 0. The molecule has 1 aromatic heterocycles. The Balaban J connectivity index is 2.19. The van der Waals surface area contributed by atoms with E-state index < -0.39 is 0 Å². The summed E-state index contributed by atoms with van der Waals surface area (Å²) in [6.07, 6.45) is 1.38. The van der Waals surface area contributed by atoms with E-state index in [1.165, 1.54) is 6.07 Å². The molecule has 6 heteroatoms. The van der Waals surface area contributed by atoms with Crippen LogP contribution in [0.3, 0.4) is 0 Å². The van der Waals surface area contributed by atoms with Crippen LogP contribution in [0.25, 0.3) is 22.1 Å². The van der Waals surface area contributed by atoms with Gasteiger partial charge in [0.25, 0.3) is 0 Å². The second-order valence-corrected chi connectivity index (χ2v) is 5.82. The fourth-order valence-corrected chi connectivity index (χ4v) is 3.49. The molecule has 25 heavy (non-hydrogen) atoms. The number of hydrogen-bond donors (Lipinski definition) is 0. The Morgan fingerprint density at radius 2 is 1.84 bits per heavy atom. The van der Waals surface area contributed by atoms with Crippen LogP contribution in [0.5, 0.6) is 17.2 Å². The van der Waals surface area contributed by atoms with Gasteiger partial charge in [0.2, 0.25) is 16.8 Å². The fraction of sp³-hybridized carbons (Fsp3) is 0.263. The summed E-state index contributed by atoms with van der Waals surface area (Å²) < 4.78 is 22.0. The van der Waals surface area contributed by atoms with E-state index >= 15 is 0 Å². The molecule has 0 radical (unpaired) electrons. The first kappa shape index (κ1) is 15.5. The molecule has 0 saturated heterocycles. The molecule has 1 heterocycles. The van der Waals surface area contributed by atoms with Crippen LogP contribution in [0.4, 0.5) is 0 Å². The maximum atomic E-state index is 12.3. The van der Waals surface area contributed by atoms with Gasteiger partial charge in [-0.3, -0.25) is 4.79 Å². The van der Waals surface area contributed by atoms with E-state index in [4.69, 9.17) is 18.7 Å². The molecule has 0 unspecified atom stereocenters. The van der Waals surface area contributed by atoms with E-state index in [0.29, 0.717) is 23.7 Å². The minimum absolute atomic E-state index is 0.192. The predicted octanol–water partition coefficient (Wildman–Crippen LogP) is 2.98. The third-order valence-corrected chi connectivity index (χ3v) is 4.58. The van der Waals surface area contributed by atoms with Gasteiger partial charge < -0.3 is 18.7 Å². The van der Waals surface area contributed by atoms with Crippen LogP contribution in [-0.2, 0) is 12.8 Å². The number of ether oxygens (including phenoxy) is 3. The molecule has 0 fully saturated rings. The van der Waals surface area contributed by atoms with Crippen molar-refractivity contribution in [1.29, 1.82) is 0 Å². The van der Waals surface area contributed by atoms with Crippen LogP contribution in [0.2, 0.25) is 0 Å². The van der Waals surface area contributed by atoms with Gasteiger partial charge in [-0.2, -0.15) is 0 Å². The summed E-state index contributed by atoms with van der Waals surface area (Å²) in [6, 6.07) is 7.05. The van der Waals surface area contributed by atoms with Gasteiger partial charge in [0.05, 0.1) is 32.4 Å². The zero-order chi connectivity index (χ0) is 17.6. The third-order valence-electron chi connectivity index (χ3n) is 4.58. The van der Waals surface area contributed by atoms with Crippen molar-refractivity contribution in [3.63, 3.8) is 0 Å². The molecule has 128 valence electrons. The van der Waals surface area contributed by atoms with Crippen LogP contribution < -0.4 is 19.6 Å². The second kappa shape index (κ2) is 5.81. The normalized spacial score (nSPS) is 12.4. The van der Waals surface area contributed by atoms with Gasteiger partial charge in [-0.1, -0.05) is 17.3 Å². The largest absolute Gasteiger partial charge is 0.493 e. The lowest BCUT2D eigenvalue weighted by Crippen LogP contribution is -2.01. The highest BCUT2D eigenvalue weighted by Gasteiger charge is 2.27. The van der Waals surface area contributed by atoms with Crippen molar-refractivity contribution in [2.45, 2.75) is 12.8 Å². The van der Waals surface area contributed by atoms with Crippen molar-refractivity contribution in [1.82, 2.24) is 5.16 Å². The maximum absolute atomic E-state index is 12.3. The fourth-order valence-electron chi connectivity index (χ4n) is 3.49. The summed E-state index contributed by atoms with van der Waals surface area (Å²) in [5, 5.41) is 4.86. The van der Waals surface area contributed by atoms with Crippen molar-refractivity contribution in [2.24, 2.45) is 0 Å². The summed E-state index contributed by atoms with van der Waals surface area (Å²) in [7, 11) is 4.76. The Hall–Kier alpha value is -3.02. The zero-order valence-corrected chi connectivity index (χ0v) is 14.2. The van der Waals surface area contributed by atoms with E-state index in [0.717, 1.165) is 34.2 Å². The van der Waals surface area contributed by atoms with Crippen LogP contribution in [0.1, 0.15) is 11.3 Å². The van der Waals surface area contributed by atoms with Crippen molar-refractivity contribution in [3.8, 4) is 28.4 Å². The van der Waals surface area contributed by atoms with Gasteiger partial charge in [-0.15, -0.1) is 0 Å². The van der Waals surface area contributed by atoms with Gasteiger partial charge in [0, 0.05) is 5.56 Å². The molecule has 6 nitrogen and oxygen atoms in total. The highest BCUT2D eigenvalue weighted by Crippen LogP contribution is 2.49. The number of rotatable bonds is 3. The van der Waals surface area contributed by atoms with Crippen LogP contribution in [0.15, 0.2) is 33.6 Å². The van der Waals surface area contributed by atoms with Crippen molar-refractivity contribution < 1.29 is 18.7 Å². The van der Waals surface area contributed by atoms with Crippen LogP contribution >= 0.6 is 0 Å². The summed E-state index contributed by atoms with van der Waals surface area (Å²) in [5.74, 6) is 1.70. The van der Waals surface area contributed by atoms with E-state index in [1.54, 1.807) is 27.4 Å². The predicted molar refractivity (Wildman–Crippen MR) is 92.8 cm³/mol. The lowest BCUT2D eigenvalue weighted by molar-refractivity contribution is 0.324. The molecule has 0 atom stereocenters. The Morgan fingerprint density at radius 3 is 2.56 bits per heavy atom. The molecule has 4 rings (SSSR count). The minimum Gasteiger partial charge on any atom is -0.493 e. The van der Waals surface area contributed by atoms with Crippen molar-refractivity contribution in [3.05, 3.63) is 45.7 Å². The lowest BCUT2D eigenvalue weighted by atomic mass is 9.96. The quantitative estimate of drug-likeness (QED) is 0.730. The first-order chi connectivity index (χ1) is 12.2. The summed E-state index contributed by atoms with van der Waals surface area (Å²) in [5.41, 5.74) is 3.62. The first-order valence-corrected chi connectivity index (χ1v) is 7.93. The molecule has 0 amide bonds. The van der Waals surface area contributed by atoms with E-state index in [-0.39, 0.29) is 11.0 Å². The molecule has 0 bridgehead atoms. The Bertz CT molecular complexity index is 1040. The van der Waals surface area contributed by atoms with Gasteiger partial charge in [-0.25, -0.2) is 0 Å². The van der Waals surface area contributed by atoms with E-state index in [9.17, 15) is 4.79 Å². The number of benzene rings is 1. The average molecular weight is 339 g/mol. The highest BCUT2D eigenvalue weighted by atomic mass is 16.5. The van der Waals surface area contributed by atoms with Crippen molar-refractivity contribution in [2.75, 3.05) is 21.3 Å². The highest BCUT2D eigenvalue weighted by molar-refractivity contribution is 5.99. The summed E-state index contributed by atoms with van der Waals surface area (Å²) in [6.45, 7) is 0. The first-order valence-electron chi connectivity index (χ1n) is 7.93. The molecule has 1 aliphatic carbocycles. The zero-order valence-electron chi connectivity index (χ0n) is 14.2. The molecule has 0 aliphatic heterocycles. The monoisotopic (exact) mass is 339 g/mol. The topological polar surface area (TPSA) is 70.8 Å². The third kappa shape index (κ3) is 2.17. The molecule has 2 aromatic carbocycles. The molecular formula is C19H17NO5.